The molecule has 2 aromatic heterocycles. The van der Waals surface area contributed by atoms with Crippen molar-refractivity contribution in [3.63, 3.8) is 0 Å². The van der Waals surface area contributed by atoms with Crippen molar-refractivity contribution in [2.45, 2.75) is 44.4 Å². The van der Waals surface area contributed by atoms with Crippen molar-refractivity contribution in [2.24, 2.45) is 5.92 Å². The Morgan fingerprint density at radius 1 is 1.24 bits per heavy atom. The van der Waals surface area contributed by atoms with E-state index in [2.05, 4.69) is 21.5 Å². The number of nitrogens with one attached hydrogen (secondary N) is 1. The van der Waals surface area contributed by atoms with Crippen molar-refractivity contribution in [1.29, 1.82) is 0 Å². The molecule has 2 aliphatic heterocycles. The van der Waals surface area contributed by atoms with Gasteiger partial charge in [-0.25, -0.2) is 4.68 Å². The molecule has 9 heteroatoms. The van der Waals surface area contributed by atoms with Gasteiger partial charge >= 0.3 is 0 Å². The topological polar surface area (TPSA) is 87.5 Å². The molecule has 0 bridgehead atoms. The number of aryl methyl sites for hydroxylation is 1. The Kier molecular flexibility index (Phi) is 5.51. The van der Waals surface area contributed by atoms with Crippen LogP contribution in [0.25, 0.3) is 10.4 Å². The molecule has 0 saturated heterocycles. The van der Waals surface area contributed by atoms with Crippen molar-refractivity contribution < 1.29 is 19.0 Å². The summed E-state index contributed by atoms with van der Waals surface area (Å²) in [5.74, 6) is 2.03. The minimum Gasteiger partial charge on any atom is -0.491 e. The molecule has 8 nitrogen and oxygen atoms in total. The normalized spacial score (nSPS) is 21.5. The third-order valence-electron chi connectivity index (χ3n) is 6.30. The summed E-state index contributed by atoms with van der Waals surface area (Å²) in [6.45, 7) is 2.57. The van der Waals surface area contributed by atoms with Gasteiger partial charge in [0.15, 0.2) is 5.69 Å². The maximum Gasteiger partial charge on any atom is 0.272 e. The molecule has 1 saturated carbocycles. The van der Waals surface area contributed by atoms with Crippen LogP contribution in [-0.2, 0) is 17.7 Å². The van der Waals surface area contributed by atoms with Crippen LogP contribution < -0.4 is 14.8 Å². The van der Waals surface area contributed by atoms with Crippen LogP contribution in [0.4, 0.5) is 0 Å². The lowest BCUT2D eigenvalue weighted by atomic mass is 9.99. The average Bonchev–Trinajstić information content (AvgIpc) is 3.31. The first kappa shape index (κ1) is 20.7. The van der Waals surface area contributed by atoms with E-state index < -0.39 is 0 Å². The van der Waals surface area contributed by atoms with Crippen LogP contribution in [0.1, 0.15) is 35.3 Å². The standard InChI is InChI=1S/C24H26N4O4S/c29-24(20-9-23-28(27-20)6-5-19(32-23)13-30-11-15-1-2-15)26-18-8-17-7-16(22-10-25-14-33-22)3-4-21(17)31-12-18/h3-4,7,9-10,14-15,18-19H,1-2,5-6,8,11-13H2,(H,26,29)/t18-,19?/m1/s1. The van der Waals surface area contributed by atoms with Crippen LogP contribution in [0.3, 0.4) is 0 Å². The quantitative estimate of drug-likeness (QED) is 0.575. The predicted molar refractivity (Wildman–Crippen MR) is 123 cm³/mol. The smallest absolute Gasteiger partial charge is 0.272 e. The zero-order valence-corrected chi connectivity index (χ0v) is 19.1. The first-order valence-corrected chi connectivity index (χ1v) is 12.4. The van der Waals surface area contributed by atoms with E-state index in [4.69, 9.17) is 14.2 Å². The van der Waals surface area contributed by atoms with Gasteiger partial charge in [-0.2, -0.15) is 5.10 Å². The van der Waals surface area contributed by atoms with Gasteiger partial charge in [0.2, 0.25) is 5.88 Å². The molecular weight excluding hydrogens is 440 g/mol. The maximum absolute atomic E-state index is 12.9. The van der Waals surface area contributed by atoms with Gasteiger partial charge in [-0.15, -0.1) is 11.3 Å². The van der Waals surface area contributed by atoms with Gasteiger partial charge in [-0.1, -0.05) is 0 Å². The molecule has 3 aromatic rings. The summed E-state index contributed by atoms with van der Waals surface area (Å²) < 4.78 is 19.5. The number of aromatic nitrogens is 3. The number of hydrogen-bond acceptors (Lipinski definition) is 7. The molecular formula is C24H26N4O4S. The molecule has 3 aliphatic rings. The lowest BCUT2D eigenvalue weighted by molar-refractivity contribution is 0.0221. The van der Waals surface area contributed by atoms with E-state index in [-0.39, 0.29) is 18.1 Å². The second kappa shape index (κ2) is 8.79. The molecule has 1 fully saturated rings. The van der Waals surface area contributed by atoms with Crippen molar-refractivity contribution in [3.05, 3.63) is 47.2 Å². The monoisotopic (exact) mass is 466 g/mol. The lowest BCUT2D eigenvalue weighted by Gasteiger charge is -2.26. The van der Waals surface area contributed by atoms with Crippen LogP contribution in [0.2, 0.25) is 0 Å². The summed E-state index contributed by atoms with van der Waals surface area (Å²) >= 11 is 1.60. The maximum atomic E-state index is 12.9. The van der Waals surface area contributed by atoms with E-state index in [0.29, 0.717) is 31.2 Å². The Bertz CT molecular complexity index is 1140. The van der Waals surface area contributed by atoms with Gasteiger partial charge in [0.1, 0.15) is 18.5 Å². The Hall–Kier alpha value is -2.91. The number of hydrogen-bond donors (Lipinski definition) is 1. The molecule has 0 spiro atoms. The molecule has 4 heterocycles. The summed E-state index contributed by atoms with van der Waals surface area (Å²) in [5, 5.41) is 7.53. The van der Waals surface area contributed by atoms with Crippen LogP contribution in [0.5, 0.6) is 11.6 Å². The van der Waals surface area contributed by atoms with Crippen molar-refractivity contribution in [1.82, 2.24) is 20.1 Å². The average molecular weight is 467 g/mol. The first-order valence-electron chi connectivity index (χ1n) is 11.5. The van der Waals surface area contributed by atoms with Crippen LogP contribution in [-0.4, -0.2) is 52.6 Å². The van der Waals surface area contributed by atoms with E-state index in [0.717, 1.165) is 47.2 Å². The van der Waals surface area contributed by atoms with E-state index in [1.54, 1.807) is 22.1 Å². The second-order valence-corrected chi connectivity index (χ2v) is 9.86. The predicted octanol–water partition coefficient (Wildman–Crippen LogP) is 3.32. The van der Waals surface area contributed by atoms with E-state index in [9.17, 15) is 4.79 Å². The fourth-order valence-electron chi connectivity index (χ4n) is 4.29. The summed E-state index contributed by atoms with van der Waals surface area (Å²) in [6, 6.07) is 7.77. The highest BCUT2D eigenvalue weighted by Gasteiger charge is 2.28. The number of nitrogens with zero attached hydrogens (tertiary/aromatic N) is 3. The fourth-order valence-corrected chi connectivity index (χ4v) is 4.91. The minimum atomic E-state index is -0.210. The summed E-state index contributed by atoms with van der Waals surface area (Å²) in [5.41, 5.74) is 4.39. The largest absolute Gasteiger partial charge is 0.491 e. The van der Waals surface area contributed by atoms with E-state index >= 15 is 0 Å². The van der Waals surface area contributed by atoms with Gasteiger partial charge in [-0.3, -0.25) is 9.78 Å². The molecule has 0 radical (unpaired) electrons. The summed E-state index contributed by atoms with van der Waals surface area (Å²) in [4.78, 5) is 18.2. The molecule has 6 rings (SSSR count). The number of benzene rings is 1. The Labute approximate surface area is 195 Å². The number of ether oxygens (including phenoxy) is 3. The molecule has 1 aromatic carbocycles. The summed E-state index contributed by atoms with van der Waals surface area (Å²) in [6.07, 6.45) is 5.97. The molecule has 1 amide bonds. The Balaban J connectivity index is 1.07. The number of carbonyl (C=O) groups excluding carboxylic acids is 1. The van der Waals surface area contributed by atoms with Crippen molar-refractivity contribution >= 4 is 17.2 Å². The number of thiazole rings is 1. The highest BCUT2D eigenvalue weighted by atomic mass is 32.1. The third kappa shape index (κ3) is 4.60. The minimum absolute atomic E-state index is 0.0137. The molecule has 33 heavy (non-hydrogen) atoms. The lowest BCUT2D eigenvalue weighted by Crippen LogP contribution is -2.42. The van der Waals surface area contributed by atoms with Gasteiger partial charge in [0, 0.05) is 31.8 Å². The van der Waals surface area contributed by atoms with Crippen molar-refractivity contribution in [2.75, 3.05) is 19.8 Å². The highest BCUT2D eigenvalue weighted by Crippen LogP contribution is 2.32. The second-order valence-electron chi connectivity index (χ2n) is 8.97. The third-order valence-corrected chi connectivity index (χ3v) is 7.12. The molecule has 1 aliphatic carbocycles. The van der Waals surface area contributed by atoms with E-state index in [1.807, 2.05) is 23.8 Å². The Morgan fingerprint density at radius 2 is 2.18 bits per heavy atom. The van der Waals surface area contributed by atoms with Crippen LogP contribution in [0, 0.1) is 5.92 Å². The number of carbonyl (C=O) groups is 1. The number of amides is 1. The summed E-state index contributed by atoms with van der Waals surface area (Å²) in [7, 11) is 0. The fraction of sp³-hybridized carbons (Fsp3) is 0.458. The molecule has 172 valence electrons. The zero-order chi connectivity index (χ0) is 22.2. The number of rotatable bonds is 7. The molecule has 2 atom stereocenters. The SMILES string of the molecule is O=C(N[C@H]1COc2ccc(-c3cncs3)cc2C1)c1cc2n(n1)CCC(COCC1CC1)O2. The molecule has 1 N–H and O–H groups in total. The number of fused-ring (bicyclic) bond motifs is 2. The van der Waals surface area contributed by atoms with Gasteiger partial charge in [0.05, 0.1) is 23.0 Å². The van der Waals surface area contributed by atoms with Crippen LogP contribution >= 0.6 is 11.3 Å². The van der Waals surface area contributed by atoms with E-state index in [1.165, 1.54) is 12.8 Å². The first-order chi connectivity index (χ1) is 16.2. The van der Waals surface area contributed by atoms with Gasteiger partial charge in [0.25, 0.3) is 5.91 Å². The van der Waals surface area contributed by atoms with Gasteiger partial charge in [-0.05, 0) is 54.5 Å². The zero-order valence-electron chi connectivity index (χ0n) is 18.2. The van der Waals surface area contributed by atoms with Crippen LogP contribution in [0.15, 0.2) is 36.0 Å². The molecule has 1 unspecified atom stereocenters. The highest BCUT2D eigenvalue weighted by molar-refractivity contribution is 7.13. The Morgan fingerprint density at radius 3 is 3.03 bits per heavy atom. The van der Waals surface area contributed by atoms with Gasteiger partial charge < -0.3 is 19.5 Å². The van der Waals surface area contributed by atoms with Crippen molar-refractivity contribution in [3.8, 4) is 22.1 Å².